The van der Waals surface area contributed by atoms with Gasteiger partial charge in [0.25, 0.3) is 18.2 Å². The fraction of sp³-hybridized carbons (Fsp3) is 0.345. The predicted octanol–water partition coefficient (Wildman–Crippen LogP) is 4.91. The monoisotopic (exact) mass is 582 g/mol. The molecule has 2 N–H and O–H groups in total. The van der Waals surface area contributed by atoms with E-state index in [0.717, 1.165) is 30.1 Å². The zero-order valence-electron chi connectivity index (χ0n) is 22.3. The highest BCUT2D eigenvalue weighted by atomic mass is 35.5. The Labute approximate surface area is 239 Å². The summed E-state index contributed by atoms with van der Waals surface area (Å²) >= 11 is 5.89. The summed E-state index contributed by atoms with van der Waals surface area (Å²) in [6.07, 6.45) is 2.51. The van der Waals surface area contributed by atoms with Crippen LogP contribution in [-0.2, 0) is 6.54 Å². The standard InChI is InChI=1S/C29H29ClF2N6O3/c1-2-33-28(40)22-12-11-20(15-34-22)38-24-6-4-3-5-23(24)37(29(38)41)16-17-7-9-19(10-8-17)36-27(39)21-13-18(30)14-35-25(21)26(31)32/h3-6,11-15,17,19,26H,2,7-10,16H2,1H3,(H,33,40)(H,36,39)/t17-,19-. The molecule has 214 valence electrons. The Bertz CT molecular complexity index is 1630. The zero-order valence-corrected chi connectivity index (χ0v) is 23.1. The number of alkyl halides is 2. The van der Waals surface area contributed by atoms with Gasteiger partial charge in [-0.1, -0.05) is 23.7 Å². The second-order valence-electron chi connectivity index (χ2n) is 10.1. The van der Waals surface area contributed by atoms with Crippen molar-refractivity contribution in [3.8, 4) is 5.69 Å². The van der Waals surface area contributed by atoms with E-state index >= 15 is 0 Å². The first-order valence-electron chi connectivity index (χ1n) is 13.5. The second kappa shape index (κ2) is 12.2. The molecule has 4 aromatic rings. The predicted molar refractivity (Wildman–Crippen MR) is 151 cm³/mol. The zero-order chi connectivity index (χ0) is 29.1. The maximum atomic E-state index is 13.6. The van der Waals surface area contributed by atoms with Crippen LogP contribution in [0.15, 0.2) is 59.7 Å². The number of carbonyl (C=O) groups is 2. The van der Waals surface area contributed by atoms with Crippen LogP contribution >= 0.6 is 11.6 Å². The topological polar surface area (TPSA) is 111 Å². The number of nitrogens with one attached hydrogen (secondary N) is 2. The van der Waals surface area contributed by atoms with Crippen molar-refractivity contribution in [3.05, 3.63) is 87.3 Å². The maximum Gasteiger partial charge on any atom is 0.333 e. The number of carbonyl (C=O) groups excluding carboxylic acids is 2. The number of hydrogen-bond acceptors (Lipinski definition) is 5. The Morgan fingerprint density at radius 2 is 1.76 bits per heavy atom. The molecule has 0 aliphatic heterocycles. The van der Waals surface area contributed by atoms with Gasteiger partial charge in [0, 0.05) is 25.3 Å². The van der Waals surface area contributed by atoms with Gasteiger partial charge in [0.1, 0.15) is 11.4 Å². The summed E-state index contributed by atoms with van der Waals surface area (Å²) in [4.78, 5) is 46.4. The fourth-order valence-corrected chi connectivity index (χ4v) is 5.51. The highest BCUT2D eigenvalue weighted by Crippen LogP contribution is 2.29. The minimum Gasteiger partial charge on any atom is -0.351 e. The molecule has 1 aliphatic rings. The number of amides is 2. The van der Waals surface area contributed by atoms with Crippen LogP contribution in [0.4, 0.5) is 8.78 Å². The van der Waals surface area contributed by atoms with Crippen molar-refractivity contribution in [3.63, 3.8) is 0 Å². The third-order valence-electron chi connectivity index (χ3n) is 7.37. The first-order chi connectivity index (χ1) is 19.8. The lowest BCUT2D eigenvalue weighted by molar-refractivity contribution is 0.0903. The number of benzene rings is 1. The van der Waals surface area contributed by atoms with Crippen LogP contribution in [0, 0.1) is 5.92 Å². The van der Waals surface area contributed by atoms with E-state index in [1.165, 1.54) is 12.3 Å². The molecule has 41 heavy (non-hydrogen) atoms. The molecule has 3 heterocycles. The average molecular weight is 583 g/mol. The van der Waals surface area contributed by atoms with E-state index in [4.69, 9.17) is 11.6 Å². The van der Waals surface area contributed by atoms with Crippen LogP contribution in [0.25, 0.3) is 16.7 Å². The number of fused-ring (bicyclic) bond motifs is 1. The molecule has 0 saturated heterocycles. The van der Waals surface area contributed by atoms with E-state index in [-0.39, 0.29) is 39.8 Å². The van der Waals surface area contributed by atoms with Crippen LogP contribution in [0.3, 0.4) is 0 Å². The van der Waals surface area contributed by atoms with E-state index < -0.39 is 18.0 Å². The molecule has 0 unspecified atom stereocenters. The third-order valence-corrected chi connectivity index (χ3v) is 7.58. The Kier molecular flexibility index (Phi) is 8.44. The van der Waals surface area contributed by atoms with Crippen molar-refractivity contribution >= 4 is 34.4 Å². The fourth-order valence-electron chi connectivity index (χ4n) is 5.35. The van der Waals surface area contributed by atoms with E-state index in [1.54, 1.807) is 21.3 Å². The van der Waals surface area contributed by atoms with E-state index in [9.17, 15) is 23.2 Å². The number of aromatic nitrogens is 4. The summed E-state index contributed by atoms with van der Waals surface area (Å²) < 4.78 is 30.1. The summed E-state index contributed by atoms with van der Waals surface area (Å²) in [7, 11) is 0. The van der Waals surface area contributed by atoms with Gasteiger partial charge in [-0.05, 0) is 68.9 Å². The second-order valence-corrected chi connectivity index (χ2v) is 10.5. The number of halogens is 3. The first-order valence-corrected chi connectivity index (χ1v) is 13.8. The lowest BCUT2D eigenvalue weighted by Gasteiger charge is -2.29. The lowest BCUT2D eigenvalue weighted by atomic mass is 9.85. The normalized spacial score (nSPS) is 17.1. The van der Waals surface area contributed by atoms with E-state index in [1.807, 2.05) is 31.2 Å². The molecule has 12 heteroatoms. The average Bonchev–Trinajstić information content (AvgIpc) is 3.24. The van der Waals surface area contributed by atoms with E-state index in [2.05, 4.69) is 20.6 Å². The Hall–Kier alpha value is -4.12. The van der Waals surface area contributed by atoms with Crippen molar-refractivity contribution in [2.45, 2.75) is 51.6 Å². The molecule has 1 aromatic carbocycles. The van der Waals surface area contributed by atoms with Gasteiger partial charge in [0.15, 0.2) is 0 Å². The molecule has 3 aromatic heterocycles. The Morgan fingerprint density at radius 3 is 2.41 bits per heavy atom. The van der Waals surface area contributed by atoms with Gasteiger partial charge in [0.05, 0.1) is 33.5 Å². The lowest BCUT2D eigenvalue weighted by Crippen LogP contribution is -2.39. The van der Waals surface area contributed by atoms with Crippen molar-refractivity contribution in [2.24, 2.45) is 5.92 Å². The molecule has 0 bridgehead atoms. The molecule has 0 radical (unpaired) electrons. The molecule has 2 amide bonds. The Balaban J connectivity index is 1.30. The molecule has 0 spiro atoms. The highest BCUT2D eigenvalue weighted by molar-refractivity contribution is 6.30. The van der Waals surface area contributed by atoms with Crippen LogP contribution in [0.5, 0.6) is 0 Å². The number of para-hydroxylation sites is 2. The van der Waals surface area contributed by atoms with Crippen molar-refractivity contribution < 1.29 is 18.4 Å². The molecule has 1 fully saturated rings. The smallest absolute Gasteiger partial charge is 0.333 e. The van der Waals surface area contributed by atoms with Gasteiger partial charge in [-0.15, -0.1) is 0 Å². The van der Waals surface area contributed by atoms with Gasteiger partial charge >= 0.3 is 5.69 Å². The Morgan fingerprint density at radius 1 is 1.02 bits per heavy atom. The quantitative estimate of drug-likeness (QED) is 0.307. The third kappa shape index (κ3) is 6.00. The molecule has 0 atom stereocenters. The molecule has 1 saturated carbocycles. The van der Waals surface area contributed by atoms with Crippen LogP contribution in [0.1, 0.15) is 65.6 Å². The molecule has 5 rings (SSSR count). The summed E-state index contributed by atoms with van der Waals surface area (Å²) in [6, 6.07) is 11.8. The largest absolute Gasteiger partial charge is 0.351 e. The number of rotatable bonds is 8. The first kappa shape index (κ1) is 28.4. The summed E-state index contributed by atoms with van der Waals surface area (Å²) in [5.41, 5.74) is 1.33. The van der Waals surface area contributed by atoms with Crippen LogP contribution < -0.4 is 16.3 Å². The molecular weight excluding hydrogens is 554 g/mol. The van der Waals surface area contributed by atoms with Crippen LogP contribution in [-0.4, -0.2) is 43.5 Å². The van der Waals surface area contributed by atoms with Crippen LogP contribution in [0.2, 0.25) is 5.02 Å². The minimum absolute atomic E-state index is 0.113. The number of hydrogen-bond donors (Lipinski definition) is 2. The maximum absolute atomic E-state index is 13.6. The van der Waals surface area contributed by atoms with Gasteiger partial charge in [-0.2, -0.15) is 0 Å². The van der Waals surface area contributed by atoms with Gasteiger partial charge in [-0.25, -0.2) is 18.6 Å². The summed E-state index contributed by atoms with van der Waals surface area (Å²) in [5.74, 6) is -0.716. The number of imidazole rings is 1. The molecule has 1 aliphatic carbocycles. The summed E-state index contributed by atoms with van der Waals surface area (Å²) in [5, 5.41) is 5.67. The molecule has 9 nitrogen and oxygen atoms in total. The van der Waals surface area contributed by atoms with Gasteiger partial charge < -0.3 is 10.6 Å². The van der Waals surface area contributed by atoms with Gasteiger partial charge in [-0.3, -0.25) is 23.7 Å². The number of pyridine rings is 2. The minimum atomic E-state index is -2.89. The summed E-state index contributed by atoms with van der Waals surface area (Å²) in [6.45, 7) is 2.81. The number of nitrogens with zero attached hydrogens (tertiary/aromatic N) is 4. The highest BCUT2D eigenvalue weighted by Gasteiger charge is 2.27. The van der Waals surface area contributed by atoms with Crippen molar-refractivity contribution in [1.82, 2.24) is 29.7 Å². The van der Waals surface area contributed by atoms with Crippen molar-refractivity contribution in [2.75, 3.05) is 6.54 Å². The SMILES string of the molecule is CCNC(=O)c1ccc(-n2c(=O)n(C[C@H]3CC[C@H](NC(=O)c4cc(Cl)cnc4C(F)F)CC3)c3ccccc32)cn1. The van der Waals surface area contributed by atoms with E-state index in [0.29, 0.717) is 31.6 Å². The van der Waals surface area contributed by atoms with Crippen molar-refractivity contribution in [1.29, 1.82) is 0 Å². The molecular formula is C29H29ClF2N6O3. The van der Waals surface area contributed by atoms with Gasteiger partial charge in [0.2, 0.25) is 0 Å².